The molecule has 2 aromatic carbocycles. The summed E-state index contributed by atoms with van der Waals surface area (Å²) in [5, 5.41) is 19.4. The van der Waals surface area contributed by atoms with Crippen LogP contribution in [0.4, 0.5) is 13.2 Å². The summed E-state index contributed by atoms with van der Waals surface area (Å²) in [6, 6.07) is 13.6. The molecule has 2 amide bonds. The first kappa shape index (κ1) is 30.0. The highest BCUT2D eigenvalue weighted by Gasteiger charge is 2.47. The van der Waals surface area contributed by atoms with Crippen molar-refractivity contribution in [2.24, 2.45) is 0 Å². The van der Waals surface area contributed by atoms with Crippen LogP contribution in [0.5, 0.6) is 0 Å². The molecule has 0 aliphatic carbocycles. The number of thioether (sulfide) groups is 1. The molecule has 4 atom stereocenters. The number of carbonyl (C=O) groups is 2. The molecule has 224 valence electrons. The summed E-state index contributed by atoms with van der Waals surface area (Å²) in [6.45, 7) is -0.0608. The standard InChI is InChI=1S/C28H30F3N5O5S/c29-28(30,31)26(39)36-11-1-2-22(36)24(38)32-13-17-3-9-20(10-4-17)25-40-21(15-42-27-33-16-34-35-27)12-23(41-25)19-7-5-18(14-37)6-8-19/h3-10,16,21-23,25,37H,1-2,11-15H2,(H,32,38)(H,33,34,35). The Kier molecular flexibility index (Phi) is 9.46. The number of ether oxygens (including phenoxy) is 2. The number of rotatable bonds is 9. The number of nitrogens with one attached hydrogen (secondary N) is 2. The number of halogens is 3. The van der Waals surface area contributed by atoms with Gasteiger partial charge in [0.1, 0.15) is 12.4 Å². The molecule has 0 saturated carbocycles. The number of hydrogen-bond acceptors (Lipinski definition) is 8. The molecule has 0 spiro atoms. The summed E-state index contributed by atoms with van der Waals surface area (Å²) >= 11 is 1.49. The smallest absolute Gasteiger partial charge is 0.392 e. The second kappa shape index (κ2) is 13.2. The van der Waals surface area contributed by atoms with Crippen LogP contribution in [0.3, 0.4) is 0 Å². The summed E-state index contributed by atoms with van der Waals surface area (Å²) in [5.41, 5.74) is 3.24. The summed E-state index contributed by atoms with van der Waals surface area (Å²) in [7, 11) is 0. The number of aromatic amines is 1. The third-order valence-corrected chi connectivity index (χ3v) is 8.20. The number of benzene rings is 2. The average Bonchev–Trinajstić information content (AvgIpc) is 3.71. The first-order chi connectivity index (χ1) is 20.2. The minimum absolute atomic E-state index is 0.0502. The third kappa shape index (κ3) is 7.30. The Bertz CT molecular complexity index is 1340. The van der Waals surface area contributed by atoms with Crippen molar-refractivity contribution in [1.29, 1.82) is 0 Å². The van der Waals surface area contributed by atoms with Crippen LogP contribution >= 0.6 is 11.8 Å². The van der Waals surface area contributed by atoms with Gasteiger partial charge < -0.3 is 24.8 Å². The van der Waals surface area contributed by atoms with E-state index < -0.39 is 30.3 Å². The maximum atomic E-state index is 12.9. The number of aliphatic hydroxyl groups is 1. The second-order valence-corrected chi connectivity index (χ2v) is 11.1. The van der Waals surface area contributed by atoms with Gasteiger partial charge in [-0.3, -0.25) is 14.7 Å². The number of alkyl halides is 3. The Labute approximate surface area is 244 Å². The molecule has 2 aliphatic heterocycles. The topological polar surface area (TPSA) is 130 Å². The van der Waals surface area contributed by atoms with Gasteiger partial charge in [-0.15, -0.1) is 0 Å². The predicted octanol–water partition coefficient (Wildman–Crippen LogP) is 3.80. The molecule has 2 aliphatic rings. The second-order valence-electron chi connectivity index (χ2n) is 10.1. The van der Waals surface area contributed by atoms with Crippen molar-refractivity contribution in [2.75, 3.05) is 12.3 Å². The lowest BCUT2D eigenvalue weighted by atomic mass is 10.0. The van der Waals surface area contributed by atoms with Crippen molar-refractivity contribution in [2.45, 2.75) is 68.3 Å². The van der Waals surface area contributed by atoms with E-state index >= 15 is 0 Å². The van der Waals surface area contributed by atoms with E-state index in [1.165, 1.54) is 18.1 Å². The fraction of sp³-hybridized carbons (Fsp3) is 0.429. The van der Waals surface area contributed by atoms with Gasteiger partial charge in [-0.1, -0.05) is 60.3 Å². The van der Waals surface area contributed by atoms with Crippen molar-refractivity contribution in [1.82, 2.24) is 25.4 Å². The minimum Gasteiger partial charge on any atom is -0.392 e. The Morgan fingerprint density at radius 1 is 1.07 bits per heavy atom. The lowest BCUT2D eigenvalue weighted by Gasteiger charge is -2.36. The fourth-order valence-corrected chi connectivity index (χ4v) is 5.80. The highest BCUT2D eigenvalue weighted by atomic mass is 32.2. The van der Waals surface area contributed by atoms with Crippen LogP contribution in [-0.4, -0.2) is 67.6 Å². The van der Waals surface area contributed by atoms with E-state index in [1.54, 1.807) is 12.1 Å². The first-order valence-electron chi connectivity index (χ1n) is 13.4. The zero-order valence-corrected chi connectivity index (χ0v) is 23.2. The molecular formula is C28H30F3N5O5S. The summed E-state index contributed by atoms with van der Waals surface area (Å²) in [6.07, 6.45) is -3.56. The van der Waals surface area contributed by atoms with E-state index in [4.69, 9.17) is 9.47 Å². The molecule has 0 bridgehead atoms. The summed E-state index contributed by atoms with van der Waals surface area (Å²) in [4.78, 5) is 29.1. The molecule has 2 fully saturated rings. The maximum Gasteiger partial charge on any atom is 0.471 e. The van der Waals surface area contributed by atoms with Gasteiger partial charge >= 0.3 is 12.1 Å². The molecule has 4 unspecified atom stereocenters. The number of H-pyrrole nitrogens is 1. The van der Waals surface area contributed by atoms with Crippen LogP contribution in [0.25, 0.3) is 0 Å². The van der Waals surface area contributed by atoms with Crippen LogP contribution in [0.1, 0.15) is 53.9 Å². The lowest BCUT2D eigenvalue weighted by Crippen LogP contribution is -2.50. The molecule has 1 aromatic heterocycles. The molecule has 10 nitrogen and oxygen atoms in total. The number of nitrogens with zero attached hydrogens (tertiary/aromatic N) is 3. The number of likely N-dealkylation sites (tertiary alicyclic amines) is 1. The van der Waals surface area contributed by atoms with E-state index in [0.29, 0.717) is 28.7 Å². The number of aromatic nitrogens is 3. The van der Waals surface area contributed by atoms with E-state index in [0.717, 1.165) is 22.3 Å². The average molecular weight is 606 g/mol. The molecule has 3 N–H and O–H groups in total. The molecular weight excluding hydrogens is 575 g/mol. The van der Waals surface area contributed by atoms with Crippen LogP contribution < -0.4 is 5.32 Å². The number of amides is 2. The molecule has 5 rings (SSSR count). The highest BCUT2D eigenvalue weighted by molar-refractivity contribution is 7.99. The van der Waals surface area contributed by atoms with Gasteiger partial charge in [-0.05, 0) is 29.5 Å². The highest BCUT2D eigenvalue weighted by Crippen LogP contribution is 2.39. The lowest BCUT2D eigenvalue weighted by molar-refractivity contribution is -0.245. The van der Waals surface area contributed by atoms with Gasteiger partial charge in [0.15, 0.2) is 11.4 Å². The first-order valence-corrected chi connectivity index (χ1v) is 14.4. The number of aliphatic hydroxyl groups excluding tert-OH is 1. The third-order valence-electron chi connectivity index (χ3n) is 7.19. The van der Waals surface area contributed by atoms with Crippen molar-refractivity contribution in [3.63, 3.8) is 0 Å². The summed E-state index contributed by atoms with van der Waals surface area (Å²) < 4.78 is 51.3. The maximum absolute atomic E-state index is 12.9. The SMILES string of the molecule is O=C(NCc1ccc(C2OC(CSc3ncn[nH]3)CC(c3ccc(CO)cc3)O2)cc1)C1CCCN1C(=O)C(F)(F)F. The minimum atomic E-state index is -5.02. The monoisotopic (exact) mass is 605 g/mol. The molecule has 14 heteroatoms. The zero-order valence-electron chi connectivity index (χ0n) is 22.4. The Hall–Kier alpha value is -3.46. The number of carbonyl (C=O) groups excluding carboxylic acids is 2. The van der Waals surface area contributed by atoms with Crippen LogP contribution in [0.15, 0.2) is 60.0 Å². The van der Waals surface area contributed by atoms with E-state index in [2.05, 4.69) is 20.5 Å². The normalized spacial score (nSPS) is 22.7. The number of hydrogen-bond donors (Lipinski definition) is 3. The quantitative estimate of drug-likeness (QED) is 0.314. The molecule has 3 aromatic rings. The fourth-order valence-electron chi connectivity index (χ4n) is 5.00. The predicted molar refractivity (Wildman–Crippen MR) is 145 cm³/mol. The van der Waals surface area contributed by atoms with E-state index in [1.807, 2.05) is 36.4 Å². The molecule has 42 heavy (non-hydrogen) atoms. The van der Waals surface area contributed by atoms with Gasteiger partial charge in [0.05, 0.1) is 18.8 Å². The van der Waals surface area contributed by atoms with Crippen LogP contribution in [-0.2, 0) is 32.2 Å². The van der Waals surface area contributed by atoms with Crippen molar-refractivity contribution in [3.05, 3.63) is 77.1 Å². The summed E-state index contributed by atoms with van der Waals surface area (Å²) in [5.74, 6) is -1.99. The van der Waals surface area contributed by atoms with Crippen molar-refractivity contribution < 1.29 is 37.3 Å². The van der Waals surface area contributed by atoms with E-state index in [9.17, 15) is 27.9 Å². The van der Waals surface area contributed by atoms with Crippen molar-refractivity contribution >= 4 is 23.6 Å². The molecule has 2 saturated heterocycles. The Morgan fingerprint density at radius 2 is 1.79 bits per heavy atom. The Balaban J connectivity index is 1.23. The van der Waals surface area contributed by atoms with Crippen molar-refractivity contribution in [3.8, 4) is 0 Å². The van der Waals surface area contributed by atoms with Crippen LogP contribution in [0.2, 0.25) is 0 Å². The molecule has 3 heterocycles. The van der Waals surface area contributed by atoms with Gasteiger partial charge in [-0.25, -0.2) is 4.98 Å². The van der Waals surface area contributed by atoms with Crippen LogP contribution in [0, 0.1) is 0 Å². The van der Waals surface area contributed by atoms with Gasteiger partial charge in [0.2, 0.25) is 5.91 Å². The molecule has 0 radical (unpaired) electrons. The van der Waals surface area contributed by atoms with E-state index in [-0.39, 0.29) is 38.3 Å². The van der Waals surface area contributed by atoms with Gasteiger partial charge in [0, 0.05) is 30.8 Å². The largest absolute Gasteiger partial charge is 0.471 e. The Morgan fingerprint density at radius 3 is 2.45 bits per heavy atom. The van der Waals surface area contributed by atoms with Gasteiger partial charge in [0.25, 0.3) is 0 Å². The zero-order chi connectivity index (χ0) is 29.7. The van der Waals surface area contributed by atoms with Gasteiger partial charge in [-0.2, -0.15) is 18.3 Å².